The van der Waals surface area contributed by atoms with Crippen molar-refractivity contribution in [2.24, 2.45) is 10.2 Å². The Morgan fingerprint density at radius 3 is 2.41 bits per heavy atom. The fourth-order valence-corrected chi connectivity index (χ4v) is 3.91. The van der Waals surface area contributed by atoms with Crippen molar-refractivity contribution in [3.8, 4) is 6.07 Å². The topological polar surface area (TPSA) is 82.6 Å². The lowest BCUT2D eigenvalue weighted by Gasteiger charge is -2.28. The third-order valence-corrected chi connectivity index (χ3v) is 5.68. The molecule has 29 heavy (non-hydrogen) atoms. The number of rotatable bonds is 3. The van der Waals surface area contributed by atoms with E-state index in [1.807, 2.05) is 6.07 Å². The molecule has 2 aromatic rings. The normalized spacial score (nSPS) is 21.9. The van der Waals surface area contributed by atoms with Gasteiger partial charge in [0, 0.05) is 18.2 Å². The Kier molecular flexibility index (Phi) is 4.94. The maximum absolute atomic E-state index is 14.9. The van der Waals surface area contributed by atoms with E-state index in [-0.39, 0.29) is 11.1 Å². The Morgan fingerprint density at radius 2 is 1.86 bits per heavy atom. The van der Waals surface area contributed by atoms with Gasteiger partial charge in [-0.05, 0) is 29.8 Å². The van der Waals surface area contributed by atoms with E-state index in [4.69, 9.17) is 5.26 Å². The molecule has 1 aliphatic heterocycles. The Morgan fingerprint density at radius 1 is 1.17 bits per heavy atom. The lowest BCUT2D eigenvalue weighted by Crippen LogP contribution is -2.33. The molecule has 1 heterocycles. The van der Waals surface area contributed by atoms with Crippen molar-refractivity contribution in [2.75, 3.05) is 6.26 Å². The number of nitrogens with zero attached hydrogens (tertiary/aromatic N) is 3. The highest BCUT2D eigenvalue weighted by Gasteiger charge is 2.53. The van der Waals surface area contributed by atoms with E-state index in [1.165, 1.54) is 24.3 Å². The number of hydrogen-bond donors (Lipinski definition) is 0. The highest BCUT2D eigenvalue weighted by Crippen LogP contribution is 2.48. The van der Waals surface area contributed by atoms with E-state index in [9.17, 15) is 30.4 Å². The van der Waals surface area contributed by atoms with Gasteiger partial charge >= 0.3 is 6.18 Å². The Labute approximate surface area is 162 Å². The van der Waals surface area contributed by atoms with E-state index in [0.29, 0.717) is 18.4 Å². The van der Waals surface area contributed by atoms with Crippen molar-refractivity contribution in [1.82, 2.24) is 0 Å². The predicted molar refractivity (Wildman–Crippen MR) is 90.7 cm³/mol. The summed E-state index contributed by atoms with van der Waals surface area (Å²) in [5, 5.41) is 16.0. The van der Waals surface area contributed by atoms with Crippen LogP contribution in [0.5, 0.6) is 0 Å². The van der Waals surface area contributed by atoms with Crippen LogP contribution in [0.15, 0.2) is 51.5 Å². The second-order valence-electron chi connectivity index (χ2n) is 6.56. The summed E-state index contributed by atoms with van der Waals surface area (Å²) in [6.07, 6.45) is -4.97. The zero-order valence-electron chi connectivity index (χ0n) is 14.7. The van der Waals surface area contributed by atoms with Crippen LogP contribution in [0.3, 0.4) is 0 Å². The number of benzene rings is 2. The second-order valence-corrected chi connectivity index (χ2v) is 8.55. The second kappa shape index (κ2) is 6.88. The zero-order chi connectivity index (χ0) is 21.6. The van der Waals surface area contributed by atoms with Crippen molar-refractivity contribution in [3.05, 3.63) is 64.7 Å². The first-order valence-corrected chi connectivity index (χ1v) is 9.96. The van der Waals surface area contributed by atoms with Gasteiger partial charge in [-0.25, -0.2) is 17.2 Å². The molecule has 2 aromatic carbocycles. The molecule has 1 aliphatic rings. The van der Waals surface area contributed by atoms with Gasteiger partial charge in [-0.2, -0.15) is 28.7 Å². The molecule has 0 aliphatic carbocycles. The largest absolute Gasteiger partial charge is 0.412 e. The number of halogens is 5. The molecule has 152 valence electrons. The first-order chi connectivity index (χ1) is 13.4. The van der Waals surface area contributed by atoms with Crippen LogP contribution in [0, 0.1) is 23.0 Å². The van der Waals surface area contributed by atoms with Gasteiger partial charge < -0.3 is 0 Å². The molecular weight excluding hydrogens is 417 g/mol. The molecule has 0 radical (unpaired) electrons. The highest BCUT2D eigenvalue weighted by molar-refractivity contribution is 7.90. The highest BCUT2D eigenvalue weighted by atomic mass is 32.2. The van der Waals surface area contributed by atoms with E-state index in [1.54, 1.807) is 0 Å². The predicted octanol–water partition coefficient (Wildman–Crippen LogP) is 4.27. The fourth-order valence-electron chi connectivity index (χ4n) is 3.18. The van der Waals surface area contributed by atoms with Crippen LogP contribution in [0.2, 0.25) is 0 Å². The van der Waals surface area contributed by atoms with Gasteiger partial charge in [0.05, 0.1) is 11.6 Å². The van der Waals surface area contributed by atoms with E-state index < -0.39 is 56.1 Å². The third-order valence-electron chi connectivity index (χ3n) is 4.57. The van der Waals surface area contributed by atoms with Crippen molar-refractivity contribution in [2.45, 2.75) is 29.1 Å². The van der Waals surface area contributed by atoms with Crippen LogP contribution in [-0.4, -0.2) is 26.9 Å². The Hall–Kier alpha value is -2.87. The molecule has 5 nitrogen and oxygen atoms in total. The molecule has 0 amide bonds. The molecule has 0 saturated carbocycles. The maximum atomic E-state index is 14.9. The average Bonchev–Trinajstić information content (AvgIpc) is 3.09. The number of nitriles is 1. The third kappa shape index (κ3) is 3.72. The van der Waals surface area contributed by atoms with E-state index >= 15 is 0 Å². The Bertz CT molecular complexity index is 1160. The van der Waals surface area contributed by atoms with Crippen molar-refractivity contribution in [1.29, 1.82) is 5.26 Å². The van der Waals surface area contributed by atoms with Crippen LogP contribution < -0.4 is 0 Å². The number of azo groups is 1. The Balaban J connectivity index is 2.28. The SMILES string of the molecule is CS(=O)(=O)c1cc(F)c(C2(c3cccc(C#N)c3)CC(C(F)(F)F)N=N2)cc1F. The van der Waals surface area contributed by atoms with Gasteiger partial charge in [0.15, 0.2) is 15.9 Å². The number of sulfone groups is 1. The van der Waals surface area contributed by atoms with Crippen LogP contribution >= 0.6 is 0 Å². The summed E-state index contributed by atoms with van der Waals surface area (Å²) in [6.45, 7) is 0. The minimum atomic E-state index is -4.78. The molecule has 0 spiro atoms. The monoisotopic (exact) mass is 429 g/mol. The van der Waals surface area contributed by atoms with Gasteiger partial charge in [0.25, 0.3) is 0 Å². The first kappa shape index (κ1) is 20.9. The van der Waals surface area contributed by atoms with Gasteiger partial charge in [0.2, 0.25) is 0 Å². The molecule has 0 aromatic heterocycles. The summed E-state index contributed by atoms with van der Waals surface area (Å²) >= 11 is 0. The molecule has 3 rings (SSSR count). The van der Waals surface area contributed by atoms with Crippen LogP contribution in [-0.2, 0) is 15.4 Å². The van der Waals surface area contributed by atoms with Gasteiger partial charge in [-0.15, -0.1) is 0 Å². The average molecular weight is 429 g/mol. The summed E-state index contributed by atoms with van der Waals surface area (Å²) in [7, 11) is -4.12. The molecular formula is C18H12F5N3O2S. The molecule has 11 heteroatoms. The van der Waals surface area contributed by atoms with E-state index in [2.05, 4.69) is 10.2 Å². The summed E-state index contributed by atoms with van der Waals surface area (Å²) in [5.74, 6) is -2.58. The van der Waals surface area contributed by atoms with Crippen LogP contribution in [0.1, 0.15) is 23.1 Å². The lowest BCUT2D eigenvalue weighted by molar-refractivity contribution is -0.147. The lowest BCUT2D eigenvalue weighted by atomic mass is 9.79. The standard InChI is InChI=1S/C18H12F5N3O2S/c1-29(27,28)15-7-13(19)12(6-14(15)20)17(8-16(25-26-17)18(21,22)23)11-4-2-3-10(5-11)9-24/h2-7,16H,8H2,1H3. The van der Waals surface area contributed by atoms with Crippen molar-refractivity contribution >= 4 is 9.84 Å². The quantitative estimate of drug-likeness (QED) is 0.684. The minimum Gasteiger partial charge on any atom is -0.224 e. The van der Waals surface area contributed by atoms with Crippen molar-refractivity contribution in [3.63, 3.8) is 0 Å². The molecule has 0 fully saturated rings. The summed E-state index contributed by atoms with van der Waals surface area (Å²) in [6, 6.07) is 5.74. The first-order valence-electron chi connectivity index (χ1n) is 8.07. The van der Waals surface area contributed by atoms with Crippen LogP contribution in [0.25, 0.3) is 0 Å². The fraction of sp³-hybridized carbons (Fsp3) is 0.278. The minimum absolute atomic E-state index is 0.00236. The maximum Gasteiger partial charge on any atom is 0.412 e. The van der Waals surface area contributed by atoms with Gasteiger partial charge in [-0.1, -0.05) is 12.1 Å². The molecule has 0 saturated heterocycles. The smallest absolute Gasteiger partial charge is 0.224 e. The molecule has 2 unspecified atom stereocenters. The molecule has 0 bridgehead atoms. The van der Waals surface area contributed by atoms with Gasteiger partial charge in [0.1, 0.15) is 22.1 Å². The summed E-state index contributed by atoms with van der Waals surface area (Å²) in [4.78, 5) is -0.929. The zero-order valence-corrected chi connectivity index (χ0v) is 15.5. The van der Waals surface area contributed by atoms with Crippen LogP contribution in [0.4, 0.5) is 22.0 Å². The summed E-state index contributed by atoms with van der Waals surface area (Å²) < 4.78 is 92.2. The molecule has 0 N–H and O–H groups in total. The summed E-state index contributed by atoms with van der Waals surface area (Å²) in [5.41, 5.74) is -2.61. The van der Waals surface area contributed by atoms with Crippen molar-refractivity contribution < 1.29 is 30.4 Å². The number of alkyl halides is 3. The van der Waals surface area contributed by atoms with E-state index in [0.717, 1.165) is 0 Å². The number of hydrogen-bond acceptors (Lipinski definition) is 5. The molecule has 2 atom stereocenters. The van der Waals surface area contributed by atoms with Gasteiger partial charge in [-0.3, -0.25) is 0 Å².